The van der Waals surface area contributed by atoms with Crippen LogP contribution in [0, 0.1) is 12.7 Å². The number of aryl methyl sites for hydroxylation is 1. The van der Waals surface area contributed by atoms with Gasteiger partial charge >= 0.3 is 0 Å². The van der Waals surface area contributed by atoms with E-state index < -0.39 is 11.7 Å². The standard InChI is InChI=1S/C20H19ClFN3O3/c1-12-4-5-13(20(28)24-16-7-6-14(22)10-15(16)21)9-17(12)23-18(26)11-25-8-2-3-19(25)27/h4-7,9-10H,2-3,8,11H2,1H3,(H,23,26)(H,24,28). The number of carbonyl (C=O) groups excluding carboxylic acids is 3. The van der Waals surface area contributed by atoms with E-state index in [9.17, 15) is 18.8 Å². The second kappa shape index (κ2) is 8.39. The molecule has 1 fully saturated rings. The molecule has 28 heavy (non-hydrogen) atoms. The van der Waals surface area contributed by atoms with Crippen molar-refractivity contribution in [2.24, 2.45) is 0 Å². The van der Waals surface area contributed by atoms with Crippen LogP contribution in [0.15, 0.2) is 36.4 Å². The van der Waals surface area contributed by atoms with Gasteiger partial charge in [-0.2, -0.15) is 0 Å². The Hall–Kier alpha value is -2.93. The maximum atomic E-state index is 13.1. The molecule has 0 spiro atoms. The molecule has 0 atom stereocenters. The Morgan fingerprint density at radius 1 is 1.14 bits per heavy atom. The molecular weight excluding hydrogens is 385 g/mol. The molecule has 146 valence electrons. The minimum absolute atomic E-state index is 0.0140. The first-order valence-corrected chi connectivity index (χ1v) is 9.16. The van der Waals surface area contributed by atoms with Crippen LogP contribution < -0.4 is 10.6 Å². The van der Waals surface area contributed by atoms with Crippen molar-refractivity contribution >= 4 is 40.7 Å². The topological polar surface area (TPSA) is 78.5 Å². The molecule has 6 nitrogen and oxygen atoms in total. The zero-order chi connectivity index (χ0) is 20.3. The third-order valence-corrected chi connectivity index (χ3v) is 4.77. The Labute approximate surface area is 166 Å². The lowest BCUT2D eigenvalue weighted by atomic mass is 10.1. The van der Waals surface area contributed by atoms with Gasteiger partial charge in [0.25, 0.3) is 5.91 Å². The zero-order valence-corrected chi connectivity index (χ0v) is 16.0. The molecule has 0 aliphatic carbocycles. The van der Waals surface area contributed by atoms with Gasteiger partial charge in [-0.05, 0) is 49.2 Å². The van der Waals surface area contributed by atoms with Crippen molar-refractivity contribution in [2.75, 3.05) is 23.7 Å². The molecule has 2 aromatic rings. The molecule has 1 aliphatic rings. The summed E-state index contributed by atoms with van der Waals surface area (Å²) in [5.41, 5.74) is 1.84. The first-order chi connectivity index (χ1) is 13.3. The number of benzene rings is 2. The fourth-order valence-electron chi connectivity index (χ4n) is 2.92. The van der Waals surface area contributed by atoms with E-state index in [4.69, 9.17) is 11.6 Å². The van der Waals surface area contributed by atoms with Gasteiger partial charge < -0.3 is 15.5 Å². The van der Waals surface area contributed by atoms with Crippen molar-refractivity contribution in [1.82, 2.24) is 4.90 Å². The van der Waals surface area contributed by atoms with Gasteiger partial charge in [0, 0.05) is 24.2 Å². The van der Waals surface area contributed by atoms with E-state index in [0.717, 1.165) is 18.1 Å². The maximum absolute atomic E-state index is 13.1. The first kappa shape index (κ1) is 19.8. The summed E-state index contributed by atoms with van der Waals surface area (Å²) >= 11 is 5.94. The number of hydrogen-bond donors (Lipinski definition) is 2. The van der Waals surface area contributed by atoms with Crippen molar-refractivity contribution in [2.45, 2.75) is 19.8 Å². The molecule has 1 saturated heterocycles. The molecule has 0 saturated carbocycles. The van der Waals surface area contributed by atoms with Crippen molar-refractivity contribution in [3.05, 3.63) is 58.4 Å². The summed E-state index contributed by atoms with van der Waals surface area (Å²) in [4.78, 5) is 37.9. The van der Waals surface area contributed by atoms with Gasteiger partial charge in [-0.15, -0.1) is 0 Å². The molecule has 3 rings (SSSR count). The van der Waals surface area contributed by atoms with Gasteiger partial charge in [0.15, 0.2) is 0 Å². The van der Waals surface area contributed by atoms with Gasteiger partial charge in [0.1, 0.15) is 5.82 Å². The number of carbonyl (C=O) groups is 3. The SMILES string of the molecule is Cc1ccc(C(=O)Nc2ccc(F)cc2Cl)cc1NC(=O)CN1CCCC1=O. The number of hydrogen-bond acceptors (Lipinski definition) is 3. The third-order valence-electron chi connectivity index (χ3n) is 4.46. The monoisotopic (exact) mass is 403 g/mol. The molecule has 0 aromatic heterocycles. The molecule has 1 heterocycles. The van der Waals surface area contributed by atoms with E-state index in [1.54, 1.807) is 25.1 Å². The van der Waals surface area contributed by atoms with Gasteiger partial charge in [-0.25, -0.2) is 4.39 Å². The summed E-state index contributed by atoms with van der Waals surface area (Å²) in [7, 11) is 0. The van der Waals surface area contributed by atoms with Crippen LogP contribution in [0.5, 0.6) is 0 Å². The Bertz CT molecular complexity index is 948. The van der Waals surface area contributed by atoms with Crippen LogP contribution in [0.25, 0.3) is 0 Å². The average molecular weight is 404 g/mol. The van der Waals surface area contributed by atoms with Gasteiger partial charge in [0.2, 0.25) is 11.8 Å². The van der Waals surface area contributed by atoms with Gasteiger partial charge in [-0.3, -0.25) is 14.4 Å². The summed E-state index contributed by atoms with van der Waals surface area (Å²) < 4.78 is 13.1. The molecular formula is C20H19ClFN3O3. The predicted octanol–water partition coefficient (Wildman–Crippen LogP) is 3.60. The van der Waals surface area contributed by atoms with Crippen LogP contribution in [0.2, 0.25) is 5.02 Å². The molecule has 0 radical (unpaired) electrons. The van der Waals surface area contributed by atoms with Crippen molar-refractivity contribution in [3.8, 4) is 0 Å². The lowest BCUT2D eigenvalue weighted by Gasteiger charge is -2.16. The molecule has 1 aliphatic heterocycles. The number of rotatable bonds is 5. The lowest BCUT2D eigenvalue weighted by Crippen LogP contribution is -2.34. The van der Waals surface area contributed by atoms with E-state index in [-0.39, 0.29) is 29.1 Å². The van der Waals surface area contributed by atoms with Crippen LogP contribution in [0.3, 0.4) is 0 Å². The Kier molecular flexibility index (Phi) is 5.94. The molecule has 2 aromatic carbocycles. The number of amides is 3. The second-order valence-corrected chi connectivity index (χ2v) is 6.98. The van der Waals surface area contributed by atoms with E-state index in [0.29, 0.717) is 24.2 Å². The number of likely N-dealkylation sites (tertiary alicyclic amines) is 1. The summed E-state index contributed by atoms with van der Waals surface area (Å²) in [6.45, 7) is 2.36. The Morgan fingerprint density at radius 2 is 1.93 bits per heavy atom. The highest BCUT2D eigenvalue weighted by atomic mass is 35.5. The van der Waals surface area contributed by atoms with Crippen molar-refractivity contribution in [3.63, 3.8) is 0 Å². The van der Waals surface area contributed by atoms with Crippen molar-refractivity contribution < 1.29 is 18.8 Å². The predicted molar refractivity (Wildman–Crippen MR) is 105 cm³/mol. The van der Waals surface area contributed by atoms with E-state index in [2.05, 4.69) is 10.6 Å². The quantitative estimate of drug-likeness (QED) is 0.800. The highest BCUT2D eigenvalue weighted by Crippen LogP contribution is 2.24. The average Bonchev–Trinajstić information content (AvgIpc) is 3.03. The van der Waals surface area contributed by atoms with E-state index >= 15 is 0 Å². The smallest absolute Gasteiger partial charge is 0.255 e. The fourth-order valence-corrected chi connectivity index (χ4v) is 3.13. The minimum atomic E-state index is -0.500. The van der Waals surface area contributed by atoms with E-state index in [1.165, 1.54) is 17.0 Å². The zero-order valence-electron chi connectivity index (χ0n) is 15.2. The molecule has 8 heteroatoms. The third kappa shape index (κ3) is 4.67. The number of halogens is 2. The fraction of sp³-hybridized carbons (Fsp3) is 0.250. The number of nitrogens with zero attached hydrogens (tertiary/aromatic N) is 1. The molecule has 3 amide bonds. The van der Waals surface area contributed by atoms with Crippen molar-refractivity contribution in [1.29, 1.82) is 0 Å². The maximum Gasteiger partial charge on any atom is 0.255 e. The number of anilines is 2. The summed E-state index contributed by atoms with van der Waals surface area (Å²) in [5, 5.41) is 5.45. The summed E-state index contributed by atoms with van der Waals surface area (Å²) in [5.74, 6) is -1.30. The Balaban J connectivity index is 1.70. The second-order valence-electron chi connectivity index (χ2n) is 6.58. The van der Waals surface area contributed by atoms with Crippen LogP contribution in [0.1, 0.15) is 28.8 Å². The lowest BCUT2D eigenvalue weighted by molar-refractivity contribution is -0.131. The first-order valence-electron chi connectivity index (χ1n) is 8.78. The van der Waals surface area contributed by atoms with Crippen LogP contribution in [-0.4, -0.2) is 35.7 Å². The highest BCUT2D eigenvalue weighted by molar-refractivity contribution is 6.33. The normalized spacial score (nSPS) is 13.5. The molecule has 0 bridgehead atoms. The van der Waals surface area contributed by atoms with Gasteiger partial charge in [-0.1, -0.05) is 17.7 Å². The highest BCUT2D eigenvalue weighted by Gasteiger charge is 2.22. The van der Waals surface area contributed by atoms with Crippen LogP contribution >= 0.6 is 11.6 Å². The molecule has 0 unspecified atom stereocenters. The van der Waals surface area contributed by atoms with Crippen LogP contribution in [-0.2, 0) is 9.59 Å². The number of nitrogens with one attached hydrogen (secondary N) is 2. The molecule has 2 N–H and O–H groups in total. The summed E-state index contributed by atoms with van der Waals surface area (Å²) in [6.07, 6.45) is 1.22. The van der Waals surface area contributed by atoms with Gasteiger partial charge in [0.05, 0.1) is 17.3 Å². The van der Waals surface area contributed by atoms with E-state index in [1.807, 2.05) is 0 Å². The van der Waals surface area contributed by atoms with Crippen LogP contribution in [0.4, 0.5) is 15.8 Å². The Morgan fingerprint density at radius 3 is 2.61 bits per heavy atom. The largest absolute Gasteiger partial charge is 0.333 e. The summed E-state index contributed by atoms with van der Waals surface area (Å²) in [6, 6.07) is 8.55. The minimum Gasteiger partial charge on any atom is -0.333 e.